The van der Waals surface area contributed by atoms with Gasteiger partial charge in [-0.2, -0.15) is 0 Å². The molecule has 0 aromatic heterocycles. The maximum absolute atomic E-state index is 12.8. The summed E-state index contributed by atoms with van der Waals surface area (Å²) in [6.45, 7) is 7.63. The van der Waals surface area contributed by atoms with E-state index in [1.165, 1.54) is 18.2 Å². The molecule has 0 saturated heterocycles. The van der Waals surface area contributed by atoms with Gasteiger partial charge in [0.05, 0.1) is 15.5 Å². The SMILES string of the molecule is Cc1ccc(C(C)(C)C)c(O)c1C(=O)Cc1ccc([N+](=O)[O-])cc1Cl. The monoisotopic (exact) mass is 361 g/mol. The number of benzene rings is 2. The first kappa shape index (κ1) is 18.9. The standard InChI is InChI=1S/C19H20ClNO4/c1-11-5-8-14(19(2,3)4)18(23)17(11)16(22)9-12-6-7-13(21(24)25)10-15(12)20/h5-8,10,23H,9H2,1-4H3. The van der Waals surface area contributed by atoms with Crippen LogP contribution in [0.3, 0.4) is 0 Å². The number of carbonyl (C=O) groups excluding carboxylic acids is 1. The summed E-state index contributed by atoms with van der Waals surface area (Å²) in [6, 6.07) is 7.64. The Bertz CT molecular complexity index is 853. The second kappa shape index (κ2) is 6.84. The van der Waals surface area contributed by atoms with E-state index < -0.39 is 4.92 Å². The van der Waals surface area contributed by atoms with Crippen LogP contribution in [0.2, 0.25) is 5.02 Å². The summed E-state index contributed by atoms with van der Waals surface area (Å²) in [5.41, 5.74) is 1.68. The Hall–Kier alpha value is -2.40. The number of aryl methyl sites for hydroxylation is 1. The van der Waals surface area contributed by atoms with E-state index >= 15 is 0 Å². The molecule has 0 saturated carbocycles. The number of ketones is 1. The van der Waals surface area contributed by atoms with Crippen LogP contribution in [-0.4, -0.2) is 15.8 Å². The quantitative estimate of drug-likeness (QED) is 0.472. The molecule has 0 atom stereocenters. The highest BCUT2D eigenvalue weighted by Crippen LogP contribution is 2.36. The third-order valence-corrected chi connectivity index (χ3v) is 4.42. The number of halogens is 1. The Morgan fingerprint density at radius 2 is 1.88 bits per heavy atom. The van der Waals surface area contributed by atoms with Gasteiger partial charge in [-0.1, -0.05) is 50.6 Å². The Kier molecular flexibility index (Phi) is 5.18. The highest BCUT2D eigenvalue weighted by Gasteiger charge is 2.24. The van der Waals surface area contributed by atoms with Crippen molar-refractivity contribution in [3.05, 3.63) is 67.7 Å². The van der Waals surface area contributed by atoms with Crippen molar-refractivity contribution < 1.29 is 14.8 Å². The lowest BCUT2D eigenvalue weighted by Crippen LogP contribution is -2.15. The van der Waals surface area contributed by atoms with Crippen molar-refractivity contribution >= 4 is 23.1 Å². The summed E-state index contributed by atoms with van der Waals surface area (Å²) < 4.78 is 0. The molecule has 0 unspecified atom stereocenters. The van der Waals surface area contributed by atoms with Crippen molar-refractivity contribution in [2.75, 3.05) is 0 Å². The Labute approximate surface area is 151 Å². The van der Waals surface area contributed by atoms with Gasteiger partial charge in [-0.05, 0) is 29.0 Å². The topological polar surface area (TPSA) is 80.4 Å². The average molecular weight is 362 g/mol. The predicted octanol–water partition coefficient (Wildman–Crippen LogP) is 4.99. The number of nitro benzene ring substituents is 1. The molecule has 5 nitrogen and oxygen atoms in total. The normalized spacial score (nSPS) is 11.4. The molecular weight excluding hydrogens is 342 g/mol. The molecule has 6 heteroatoms. The van der Waals surface area contributed by atoms with Crippen LogP contribution in [0.25, 0.3) is 0 Å². The largest absolute Gasteiger partial charge is 0.507 e. The van der Waals surface area contributed by atoms with E-state index in [1.807, 2.05) is 32.9 Å². The molecule has 2 rings (SSSR count). The summed E-state index contributed by atoms with van der Waals surface area (Å²) in [5, 5.41) is 21.5. The maximum atomic E-state index is 12.8. The second-order valence-electron chi connectivity index (χ2n) is 7.04. The lowest BCUT2D eigenvalue weighted by Gasteiger charge is -2.22. The third-order valence-electron chi connectivity index (χ3n) is 4.07. The number of nitrogens with zero attached hydrogens (tertiary/aromatic N) is 1. The molecule has 2 aromatic rings. The van der Waals surface area contributed by atoms with E-state index in [0.29, 0.717) is 16.7 Å². The minimum Gasteiger partial charge on any atom is -0.507 e. The van der Waals surface area contributed by atoms with Gasteiger partial charge in [0.2, 0.25) is 0 Å². The number of hydrogen-bond acceptors (Lipinski definition) is 4. The lowest BCUT2D eigenvalue weighted by atomic mass is 9.83. The summed E-state index contributed by atoms with van der Waals surface area (Å²) in [4.78, 5) is 23.0. The van der Waals surface area contributed by atoms with Crippen LogP contribution < -0.4 is 0 Å². The van der Waals surface area contributed by atoms with E-state index in [-0.39, 0.29) is 39.6 Å². The number of phenols is 1. The van der Waals surface area contributed by atoms with E-state index in [2.05, 4.69) is 0 Å². The predicted molar refractivity (Wildman–Crippen MR) is 97.7 cm³/mol. The van der Waals surface area contributed by atoms with Crippen LogP contribution in [0.15, 0.2) is 30.3 Å². The maximum Gasteiger partial charge on any atom is 0.270 e. The van der Waals surface area contributed by atoms with Gasteiger partial charge in [0.1, 0.15) is 5.75 Å². The van der Waals surface area contributed by atoms with Gasteiger partial charge in [-0.3, -0.25) is 14.9 Å². The van der Waals surface area contributed by atoms with E-state index in [1.54, 1.807) is 6.92 Å². The van der Waals surface area contributed by atoms with Gasteiger partial charge in [0.25, 0.3) is 5.69 Å². The second-order valence-corrected chi connectivity index (χ2v) is 7.44. The van der Waals surface area contributed by atoms with Gasteiger partial charge in [-0.25, -0.2) is 0 Å². The average Bonchev–Trinajstić information content (AvgIpc) is 2.47. The number of non-ortho nitro benzene ring substituents is 1. The van der Waals surface area contributed by atoms with Crippen LogP contribution in [0, 0.1) is 17.0 Å². The van der Waals surface area contributed by atoms with Crippen molar-refractivity contribution in [3.63, 3.8) is 0 Å². The van der Waals surface area contributed by atoms with Gasteiger partial charge in [0, 0.05) is 18.6 Å². The van der Waals surface area contributed by atoms with Crippen molar-refractivity contribution in [1.29, 1.82) is 0 Å². The van der Waals surface area contributed by atoms with Crippen LogP contribution in [-0.2, 0) is 11.8 Å². The Balaban J connectivity index is 2.41. The van der Waals surface area contributed by atoms with Gasteiger partial charge in [-0.15, -0.1) is 0 Å². The minimum atomic E-state index is -0.541. The molecular formula is C19H20ClNO4. The highest BCUT2D eigenvalue weighted by atomic mass is 35.5. The van der Waals surface area contributed by atoms with Gasteiger partial charge >= 0.3 is 0 Å². The fourth-order valence-corrected chi connectivity index (χ4v) is 2.95. The summed E-state index contributed by atoms with van der Waals surface area (Å²) in [5.74, 6) is -0.299. The fourth-order valence-electron chi connectivity index (χ4n) is 2.70. The molecule has 0 aliphatic heterocycles. The molecule has 0 spiro atoms. The van der Waals surface area contributed by atoms with Gasteiger partial charge in [0.15, 0.2) is 5.78 Å². The molecule has 132 valence electrons. The molecule has 2 aromatic carbocycles. The summed E-state index contributed by atoms with van der Waals surface area (Å²) in [6.07, 6.45) is -0.0428. The minimum absolute atomic E-state index is 0.0180. The summed E-state index contributed by atoms with van der Waals surface area (Å²) >= 11 is 6.07. The Morgan fingerprint density at radius 3 is 2.40 bits per heavy atom. The van der Waals surface area contributed by atoms with Crippen LogP contribution in [0.5, 0.6) is 5.75 Å². The van der Waals surface area contributed by atoms with E-state index in [9.17, 15) is 20.0 Å². The fraction of sp³-hybridized carbons (Fsp3) is 0.316. The van der Waals surface area contributed by atoms with Crippen molar-refractivity contribution in [3.8, 4) is 5.75 Å². The number of carbonyl (C=O) groups is 1. The molecule has 0 aliphatic carbocycles. The zero-order chi connectivity index (χ0) is 18.9. The number of phenolic OH excluding ortho intramolecular Hbond substituents is 1. The summed E-state index contributed by atoms with van der Waals surface area (Å²) in [7, 11) is 0. The van der Waals surface area contributed by atoms with Gasteiger partial charge < -0.3 is 5.11 Å². The highest BCUT2D eigenvalue weighted by molar-refractivity contribution is 6.31. The number of hydrogen-bond donors (Lipinski definition) is 1. The molecule has 25 heavy (non-hydrogen) atoms. The number of nitro groups is 1. The number of aromatic hydroxyl groups is 1. The van der Waals surface area contributed by atoms with Crippen molar-refractivity contribution in [2.24, 2.45) is 0 Å². The first-order chi connectivity index (χ1) is 11.5. The molecule has 1 N–H and O–H groups in total. The van der Waals surface area contributed by atoms with Crippen LogP contribution in [0.4, 0.5) is 5.69 Å². The first-order valence-corrected chi connectivity index (χ1v) is 8.19. The third kappa shape index (κ3) is 3.99. The zero-order valence-corrected chi connectivity index (χ0v) is 15.3. The number of rotatable bonds is 4. The molecule has 0 aliphatic rings. The number of Topliss-reactive ketones (excluding diaryl/α,β-unsaturated/α-hetero) is 1. The smallest absolute Gasteiger partial charge is 0.270 e. The van der Waals surface area contributed by atoms with Crippen LogP contribution in [0.1, 0.15) is 47.8 Å². The van der Waals surface area contributed by atoms with Crippen molar-refractivity contribution in [2.45, 2.75) is 39.5 Å². The van der Waals surface area contributed by atoms with Crippen LogP contribution >= 0.6 is 11.6 Å². The first-order valence-electron chi connectivity index (χ1n) is 7.81. The van der Waals surface area contributed by atoms with Crippen molar-refractivity contribution in [1.82, 2.24) is 0 Å². The van der Waals surface area contributed by atoms with E-state index in [4.69, 9.17) is 11.6 Å². The molecule has 0 fully saturated rings. The molecule has 0 amide bonds. The zero-order valence-electron chi connectivity index (χ0n) is 14.6. The lowest BCUT2D eigenvalue weighted by molar-refractivity contribution is -0.384. The molecule has 0 heterocycles. The molecule has 0 bridgehead atoms. The Morgan fingerprint density at radius 1 is 1.24 bits per heavy atom. The molecule has 0 radical (unpaired) electrons. The van der Waals surface area contributed by atoms with E-state index in [0.717, 1.165) is 0 Å².